The van der Waals surface area contributed by atoms with Crippen LogP contribution in [-0.2, 0) is 18.8 Å². The van der Waals surface area contributed by atoms with Crippen LogP contribution < -0.4 is 0 Å². The van der Waals surface area contributed by atoms with Gasteiger partial charge in [-0.1, -0.05) is 0 Å². The molecule has 0 unspecified atom stereocenters. The molecular formula is C3H12B2Ca2Mg2O7. The molecule has 0 radical (unpaired) electrons. The molecule has 16 heavy (non-hydrogen) atoms. The number of rotatable bonds is 0. The first kappa shape index (κ1) is 31.0. The second kappa shape index (κ2) is 19.7. The van der Waals surface area contributed by atoms with Gasteiger partial charge in [-0.2, -0.15) is 0 Å². The van der Waals surface area contributed by atoms with Crippen molar-refractivity contribution in [2.24, 2.45) is 0 Å². The third-order valence-electron chi connectivity index (χ3n) is 0.667. The van der Waals surface area contributed by atoms with Crippen molar-refractivity contribution in [2.75, 3.05) is 0 Å². The minimum absolute atomic E-state index is 0. The van der Waals surface area contributed by atoms with E-state index in [-0.39, 0.29) is 122 Å². The summed E-state index contributed by atoms with van der Waals surface area (Å²) in [4.78, 5) is 30.7. The molecular weight excluding hydrogens is 298 g/mol. The summed E-state index contributed by atoms with van der Waals surface area (Å²) in [6.07, 6.45) is -4.05. The van der Waals surface area contributed by atoms with E-state index in [9.17, 15) is 14.4 Å². The molecule has 0 saturated carbocycles. The van der Waals surface area contributed by atoms with E-state index in [1.165, 1.54) is 0 Å². The summed E-state index contributed by atoms with van der Waals surface area (Å²) >= 11 is 0. The van der Waals surface area contributed by atoms with Crippen molar-refractivity contribution in [2.45, 2.75) is 0 Å². The van der Waals surface area contributed by atoms with Crippen molar-refractivity contribution >= 4 is 156 Å². The van der Waals surface area contributed by atoms with Crippen molar-refractivity contribution < 1.29 is 33.2 Å². The molecule has 0 aliphatic heterocycles. The third kappa shape index (κ3) is 18.7. The van der Waals surface area contributed by atoms with Crippen LogP contribution in [-0.4, -0.2) is 156 Å². The van der Waals surface area contributed by atoms with Gasteiger partial charge in [-0.3, -0.25) is 0 Å². The van der Waals surface area contributed by atoms with Crippen LogP contribution in [0.1, 0.15) is 0 Å². The molecule has 0 spiro atoms. The summed E-state index contributed by atoms with van der Waals surface area (Å²) in [6, 6.07) is 0. The largest absolute Gasteiger partial charge is 0.316 e. The molecule has 0 rings (SSSR count). The number of hydrogen-bond acceptors (Lipinski definition) is 7. The quantitative estimate of drug-likeness (QED) is 0.251. The molecule has 0 atom stereocenters. The average molecular weight is 311 g/mol. The van der Waals surface area contributed by atoms with Crippen molar-refractivity contribution in [1.29, 1.82) is 0 Å². The summed E-state index contributed by atoms with van der Waals surface area (Å²) < 4.78 is 15.3. The molecule has 0 aliphatic rings. The summed E-state index contributed by atoms with van der Waals surface area (Å²) in [6.45, 7) is 0. The van der Waals surface area contributed by atoms with Crippen LogP contribution in [0.2, 0.25) is 0 Å². The Morgan fingerprint density at radius 3 is 1.12 bits per heavy atom. The molecule has 0 bridgehead atoms. The summed E-state index contributed by atoms with van der Waals surface area (Å²) in [5, 5.41) is 0. The Bertz CT molecular complexity index is 198. The zero-order valence-electron chi connectivity index (χ0n) is 6.36. The van der Waals surface area contributed by atoms with E-state index in [1.54, 1.807) is 0 Å². The predicted octanol–water partition coefficient (Wildman–Crippen LogP) is -5.16. The fourth-order valence-corrected chi connectivity index (χ4v) is 0.240. The maximum Gasteiger partial charge on any atom is 0.316 e. The van der Waals surface area contributed by atoms with Crippen molar-refractivity contribution in [3.63, 3.8) is 0 Å². The zero-order valence-corrected chi connectivity index (χ0v) is 6.36. The van der Waals surface area contributed by atoms with Crippen molar-refractivity contribution in [3.8, 4) is 0 Å². The first-order valence-electron chi connectivity index (χ1n) is 2.65. The first-order valence-corrected chi connectivity index (χ1v) is 2.65. The van der Waals surface area contributed by atoms with E-state index in [2.05, 4.69) is 18.8 Å². The Morgan fingerprint density at radius 1 is 0.688 bits per heavy atom. The Morgan fingerprint density at radius 2 is 0.938 bits per heavy atom. The van der Waals surface area contributed by atoms with Crippen molar-refractivity contribution in [1.82, 2.24) is 0 Å². The van der Waals surface area contributed by atoms with E-state index in [1.807, 2.05) is 0 Å². The Hall–Kier alpha value is 2.39. The average Bonchev–Trinajstić information content (AvgIpc) is 2.03. The van der Waals surface area contributed by atoms with Gasteiger partial charge in [0.15, 0.2) is 0 Å². The fourth-order valence-electron chi connectivity index (χ4n) is 0.240. The second-order valence-corrected chi connectivity index (χ2v) is 1.36. The van der Waals surface area contributed by atoms with Crippen LogP contribution in [0.25, 0.3) is 0 Å². The molecule has 0 saturated heterocycles. The Kier molecular flexibility index (Phi) is 38.2. The van der Waals surface area contributed by atoms with E-state index in [4.69, 9.17) is 0 Å². The van der Waals surface area contributed by atoms with Gasteiger partial charge in [-0.05, 0) is 0 Å². The number of carbonyl (C=O) groups is 3. The molecule has 0 aromatic carbocycles. The van der Waals surface area contributed by atoms with E-state index in [0.29, 0.717) is 0 Å². The fraction of sp³-hybridized carbons (Fsp3) is 0. The van der Waals surface area contributed by atoms with E-state index in [0.717, 1.165) is 16.1 Å². The van der Waals surface area contributed by atoms with Gasteiger partial charge in [0, 0.05) is 0 Å². The van der Waals surface area contributed by atoms with Crippen LogP contribution in [0.15, 0.2) is 0 Å². The summed E-state index contributed by atoms with van der Waals surface area (Å²) in [7, 11) is 1.99. The smallest absolute Gasteiger partial charge is 0.316 e. The molecule has 0 aromatic heterocycles. The summed E-state index contributed by atoms with van der Waals surface area (Å²) in [5.41, 5.74) is 0. The van der Waals surface area contributed by atoms with Gasteiger partial charge in [0.1, 0.15) is 0 Å². The molecule has 0 fully saturated rings. The minimum atomic E-state index is -1.51. The van der Waals surface area contributed by atoms with Crippen LogP contribution in [0.3, 0.4) is 0 Å². The molecule has 0 amide bonds. The van der Waals surface area contributed by atoms with Gasteiger partial charge in [0.25, 0.3) is 0 Å². The SMILES string of the molecule is BOC(=O)OC(=O)OC(=O)OB.[CaH2].[CaH2].[MgH2].[MgH2]. The molecule has 13 heteroatoms. The minimum Gasteiger partial charge on any atom is 0.316 e. The van der Waals surface area contributed by atoms with Crippen LogP contribution >= 0.6 is 0 Å². The molecule has 0 aliphatic carbocycles. The van der Waals surface area contributed by atoms with Gasteiger partial charge >= 0.3 is 156 Å². The second-order valence-electron chi connectivity index (χ2n) is 1.36. The normalized spacial score (nSPS) is 6.00. The predicted molar refractivity (Wildman–Crippen MR) is 71.8 cm³/mol. The molecule has 0 aromatic rings. The standard InChI is InChI=1S/C3H4B2O7.2Ca.2Mg.8H/c4-11-2(7)9-1(6)10-3(8)12-5;;;;;;;;;;;;/h4-5H2;;;;;;;;;;;;. The van der Waals surface area contributed by atoms with Gasteiger partial charge < -0.3 is 18.8 Å². The molecule has 0 N–H and O–H groups in total. The maximum absolute atomic E-state index is 10.3. The van der Waals surface area contributed by atoms with Crippen LogP contribution in [0.5, 0.6) is 0 Å². The molecule has 80 valence electrons. The van der Waals surface area contributed by atoms with Crippen molar-refractivity contribution in [3.05, 3.63) is 0 Å². The first-order chi connectivity index (χ1) is 5.60. The van der Waals surface area contributed by atoms with Crippen LogP contribution in [0.4, 0.5) is 14.4 Å². The van der Waals surface area contributed by atoms with E-state index < -0.39 is 18.5 Å². The topological polar surface area (TPSA) is 88.1 Å². The molecule has 0 heterocycles. The van der Waals surface area contributed by atoms with Gasteiger partial charge in [0.2, 0.25) is 0 Å². The van der Waals surface area contributed by atoms with E-state index >= 15 is 0 Å². The van der Waals surface area contributed by atoms with Gasteiger partial charge in [-0.15, -0.1) is 0 Å². The monoisotopic (exact) mass is 310 g/mol. The molecule has 7 nitrogen and oxygen atoms in total. The third-order valence-corrected chi connectivity index (χ3v) is 0.667. The maximum atomic E-state index is 10.3. The zero-order chi connectivity index (χ0) is 9.56. The Balaban J connectivity index is -0.000000101. The number of hydrogen-bond donors (Lipinski definition) is 0. The van der Waals surface area contributed by atoms with Crippen LogP contribution in [0, 0.1) is 0 Å². The Labute approximate surface area is 186 Å². The summed E-state index contributed by atoms with van der Waals surface area (Å²) in [5.74, 6) is 0. The number of ether oxygens (including phenoxy) is 2. The van der Waals surface area contributed by atoms with Gasteiger partial charge in [0.05, 0.1) is 0 Å². The number of carbonyl (C=O) groups excluding carboxylic acids is 3. The van der Waals surface area contributed by atoms with Gasteiger partial charge in [-0.25, -0.2) is 14.4 Å².